The second kappa shape index (κ2) is 8.43. The third-order valence-electron chi connectivity index (χ3n) is 3.98. The minimum atomic E-state index is -0.242. The Labute approximate surface area is 154 Å². The van der Waals surface area contributed by atoms with Gasteiger partial charge in [0.25, 0.3) is 0 Å². The summed E-state index contributed by atoms with van der Waals surface area (Å²) in [5, 5.41) is 6.94. The Bertz CT molecular complexity index is 799. The topological polar surface area (TPSA) is 15.6 Å². The maximum Gasteiger partial charge on any atom is 0.123 e. The minimum absolute atomic E-state index is 0.242. The van der Waals surface area contributed by atoms with Gasteiger partial charge in [0, 0.05) is 17.7 Å². The van der Waals surface area contributed by atoms with Gasteiger partial charge in [0.1, 0.15) is 5.82 Å². The van der Waals surface area contributed by atoms with Gasteiger partial charge in [0.2, 0.25) is 0 Å². The number of hydrogen-bond donors (Lipinski definition) is 0. The van der Waals surface area contributed by atoms with Crippen molar-refractivity contribution in [2.45, 2.75) is 13.8 Å². The molecule has 2 nitrogen and oxygen atoms in total. The monoisotopic (exact) mass is 346 g/mol. The number of rotatable bonds is 6. The van der Waals surface area contributed by atoms with Crippen molar-refractivity contribution < 1.29 is 4.39 Å². The van der Waals surface area contributed by atoms with Gasteiger partial charge in [-0.25, -0.2) is 4.39 Å². The van der Waals surface area contributed by atoms with E-state index in [1.807, 2.05) is 41.4 Å². The summed E-state index contributed by atoms with van der Waals surface area (Å²) in [6, 6.07) is 26.8. The molecule has 0 aliphatic heterocycles. The largest absolute Gasteiger partial charge is 0.265 e. The average molecular weight is 346 g/mol. The van der Waals surface area contributed by atoms with E-state index in [9.17, 15) is 4.39 Å². The molecule has 0 aliphatic rings. The van der Waals surface area contributed by atoms with E-state index in [0.717, 1.165) is 29.1 Å². The summed E-state index contributed by atoms with van der Waals surface area (Å²) in [6.45, 7) is 5.04. The summed E-state index contributed by atoms with van der Waals surface area (Å²) < 4.78 is 13.4. The van der Waals surface area contributed by atoms with Gasteiger partial charge in [-0.2, -0.15) is 5.10 Å². The molecule has 3 aromatic rings. The first kappa shape index (κ1) is 17.9. The molecule has 3 aromatic carbocycles. The van der Waals surface area contributed by atoms with Crippen molar-refractivity contribution >= 4 is 11.4 Å². The fourth-order valence-corrected chi connectivity index (χ4v) is 2.76. The lowest BCUT2D eigenvalue weighted by molar-refractivity contribution is 0.616. The molecule has 3 heteroatoms. The number of hydrogen-bond acceptors (Lipinski definition) is 2. The van der Waals surface area contributed by atoms with Gasteiger partial charge in [-0.15, -0.1) is 0 Å². The van der Waals surface area contributed by atoms with Crippen LogP contribution < -0.4 is 5.01 Å². The van der Waals surface area contributed by atoms with Gasteiger partial charge in [-0.1, -0.05) is 74.5 Å². The molecule has 0 saturated carbocycles. The highest BCUT2D eigenvalue weighted by atomic mass is 19.1. The highest BCUT2D eigenvalue weighted by Gasteiger charge is 2.13. The van der Waals surface area contributed by atoms with Crippen LogP contribution in [0.2, 0.25) is 0 Å². The third-order valence-corrected chi connectivity index (χ3v) is 3.98. The molecular formula is C23H23FN2. The molecule has 0 atom stereocenters. The van der Waals surface area contributed by atoms with E-state index in [2.05, 4.69) is 38.1 Å². The van der Waals surface area contributed by atoms with Crippen molar-refractivity contribution in [2.75, 3.05) is 11.6 Å². The molecule has 0 spiro atoms. The van der Waals surface area contributed by atoms with Gasteiger partial charge in [-0.3, -0.25) is 5.01 Å². The van der Waals surface area contributed by atoms with Crippen LogP contribution in [0.25, 0.3) is 0 Å². The Kier molecular flexibility index (Phi) is 5.80. The van der Waals surface area contributed by atoms with Crippen LogP contribution in [0.4, 0.5) is 10.1 Å². The van der Waals surface area contributed by atoms with Crippen molar-refractivity contribution in [1.82, 2.24) is 0 Å². The average Bonchev–Trinajstić information content (AvgIpc) is 2.67. The van der Waals surface area contributed by atoms with Crippen LogP contribution in [0.1, 0.15) is 25.0 Å². The third kappa shape index (κ3) is 4.57. The van der Waals surface area contributed by atoms with Crippen molar-refractivity contribution in [3.63, 3.8) is 0 Å². The molecule has 132 valence electrons. The lowest BCUT2D eigenvalue weighted by atomic mass is 10.0. The molecule has 0 bridgehead atoms. The maximum atomic E-state index is 13.4. The van der Waals surface area contributed by atoms with Crippen LogP contribution in [0.5, 0.6) is 0 Å². The summed E-state index contributed by atoms with van der Waals surface area (Å²) in [7, 11) is 0. The maximum absolute atomic E-state index is 13.4. The van der Waals surface area contributed by atoms with E-state index < -0.39 is 0 Å². The van der Waals surface area contributed by atoms with Gasteiger partial charge in [-0.05, 0) is 30.2 Å². The van der Waals surface area contributed by atoms with E-state index in [4.69, 9.17) is 5.10 Å². The predicted molar refractivity (Wildman–Crippen MR) is 107 cm³/mol. The highest BCUT2D eigenvalue weighted by Crippen LogP contribution is 2.20. The van der Waals surface area contributed by atoms with E-state index in [0.29, 0.717) is 5.92 Å². The summed E-state index contributed by atoms with van der Waals surface area (Å²) in [5.41, 5.74) is 3.88. The molecule has 0 N–H and O–H groups in total. The lowest BCUT2D eigenvalue weighted by Gasteiger charge is -2.23. The minimum Gasteiger partial charge on any atom is -0.265 e. The lowest BCUT2D eigenvalue weighted by Crippen LogP contribution is -2.24. The van der Waals surface area contributed by atoms with E-state index in [-0.39, 0.29) is 5.82 Å². The molecule has 0 aromatic heterocycles. The van der Waals surface area contributed by atoms with Crippen LogP contribution in [-0.2, 0) is 0 Å². The van der Waals surface area contributed by atoms with Gasteiger partial charge < -0.3 is 0 Å². The molecule has 0 radical (unpaired) electrons. The first-order valence-corrected chi connectivity index (χ1v) is 8.86. The highest BCUT2D eigenvalue weighted by molar-refractivity contribution is 6.13. The predicted octanol–water partition coefficient (Wildman–Crippen LogP) is 5.74. The Morgan fingerprint density at radius 1 is 0.808 bits per heavy atom. The van der Waals surface area contributed by atoms with Crippen LogP contribution in [0, 0.1) is 11.7 Å². The standard InChI is InChI=1S/C23H23FN2/c1-18(2)17-26(22-15-13-21(24)14-16-22)25-23(19-9-5-3-6-10-19)20-11-7-4-8-12-20/h3-16,18H,17H2,1-2H3. The fraction of sp³-hybridized carbons (Fsp3) is 0.174. The number of nitrogens with zero attached hydrogens (tertiary/aromatic N) is 2. The van der Waals surface area contributed by atoms with Crippen molar-refractivity contribution in [3.05, 3.63) is 102 Å². The number of benzene rings is 3. The molecule has 0 heterocycles. The SMILES string of the molecule is CC(C)CN(N=C(c1ccccc1)c1ccccc1)c1ccc(F)cc1. The second-order valence-electron chi connectivity index (χ2n) is 6.63. The fourth-order valence-electron chi connectivity index (χ4n) is 2.76. The van der Waals surface area contributed by atoms with Crippen LogP contribution >= 0.6 is 0 Å². The zero-order valence-corrected chi connectivity index (χ0v) is 15.1. The Hall–Kier alpha value is -2.94. The van der Waals surface area contributed by atoms with E-state index in [1.54, 1.807) is 12.1 Å². The van der Waals surface area contributed by atoms with Gasteiger partial charge in [0.05, 0.1) is 11.4 Å². The molecule has 26 heavy (non-hydrogen) atoms. The molecule has 0 aliphatic carbocycles. The Morgan fingerprint density at radius 3 is 1.77 bits per heavy atom. The number of anilines is 1. The van der Waals surface area contributed by atoms with E-state index in [1.165, 1.54) is 12.1 Å². The molecule has 0 amide bonds. The van der Waals surface area contributed by atoms with E-state index >= 15 is 0 Å². The molecule has 0 saturated heterocycles. The molecular weight excluding hydrogens is 323 g/mol. The van der Waals surface area contributed by atoms with Gasteiger partial charge >= 0.3 is 0 Å². The Balaban J connectivity index is 2.09. The van der Waals surface area contributed by atoms with Crippen molar-refractivity contribution in [2.24, 2.45) is 11.0 Å². The summed E-state index contributed by atoms with van der Waals surface area (Å²) >= 11 is 0. The smallest absolute Gasteiger partial charge is 0.123 e. The number of halogens is 1. The molecule has 0 fully saturated rings. The van der Waals surface area contributed by atoms with Crippen LogP contribution in [0.3, 0.4) is 0 Å². The first-order valence-electron chi connectivity index (χ1n) is 8.86. The van der Waals surface area contributed by atoms with Crippen LogP contribution in [-0.4, -0.2) is 12.3 Å². The van der Waals surface area contributed by atoms with Crippen molar-refractivity contribution in [1.29, 1.82) is 0 Å². The normalized spacial score (nSPS) is 10.6. The van der Waals surface area contributed by atoms with Crippen molar-refractivity contribution in [3.8, 4) is 0 Å². The quantitative estimate of drug-likeness (QED) is 0.410. The van der Waals surface area contributed by atoms with Gasteiger partial charge in [0.15, 0.2) is 0 Å². The summed E-state index contributed by atoms with van der Waals surface area (Å²) in [4.78, 5) is 0. The zero-order chi connectivity index (χ0) is 18.4. The van der Waals surface area contributed by atoms with Crippen LogP contribution in [0.15, 0.2) is 90.0 Å². The summed E-state index contributed by atoms with van der Waals surface area (Å²) in [6.07, 6.45) is 0. The molecule has 3 rings (SSSR count). The summed E-state index contributed by atoms with van der Waals surface area (Å²) in [5.74, 6) is 0.171. The molecule has 0 unspecified atom stereocenters. The number of hydrazone groups is 1. The first-order chi connectivity index (χ1) is 12.6. The zero-order valence-electron chi connectivity index (χ0n) is 15.1. The second-order valence-corrected chi connectivity index (χ2v) is 6.63. The Morgan fingerprint density at radius 2 is 1.31 bits per heavy atom.